The molecule has 1 spiro atoms. The van der Waals surface area contributed by atoms with Gasteiger partial charge in [0.2, 0.25) is 11.8 Å². The fourth-order valence-corrected chi connectivity index (χ4v) is 8.75. The van der Waals surface area contributed by atoms with Crippen molar-refractivity contribution in [2.45, 2.75) is 35.4 Å². The summed E-state index contributed by atoms with van der Waals surface area (Å²) in [6.07, 6.45) is 9.19. The van der Waals surface area contributed by atoms with Crippen LogP contribution in [0.2, 0.25) is 5.02 Å². The molecule has 5 atom stereocenters. The maximum Gasteiger partial charge on any atom is 0.251 e. The predicted molar refractivity (Wildman–Crippen MR) is 157 cm³/mol. The fourth-order valence-electron chi connectivity index (χ4n) is 6.62. The summed E-state index contributed by atoms with van der Waals surface area (Å²) in [5.74, 6) is -1.57. The smallest absolute Gasteiger partial charge is 0.251 e. The van der Waals surface area contributed by atoms with Crippen molar-refractivity contribution in [2.75, 3.05) is 31.1 Å². The highest BCUT2D eigenvalue weighted by molar-refractivity contribution is 8.02. The Bertz CT molecular complexity index is 1350. The quantitative estimate of drug-likeness (QED) is 0.399. The van der Waals surface area contributed by atoms with E-state index in [1.165, 1.54) is 0 Å². The molecule has 9 heteroatoms. The topological polar surface area (TPSA) is 81.2 Å². The molecular formula is C31H32ClN3O4S. The molecule has 3 amide bonds. The van der Waals surface area contributed by atoms with E-state index in [9.17, 15) is 19.5 Å². The van der Waals surface area contributed by atoms with E-state index in [4.69, 9.17) is 11.6 Å². The number of hydrogen-bond donors (Lipinski definition) is 1. The third kappa shape index (κ3) is 4.56. The molecule has 0 aliphatic carbocycles. The van der Waals surface area contributed by atoms with E-state index in [0.29, 0.717) is 49.7 Å². The fraction of sp³-hybridized carbons (Fsp3) is 0.387. The normalized spacial score (nSPS) is 29.4. The van der Waals surface area contributed by atoms with Gasteiger partial charge in [-0.05, 0) is 42.7 Å². The van der Waals surface area contributed by atoms with Gasteiger partial charge in [-0.2, -0.15) is 0 Å². The van der Waals surface area contributed by atoms with Gasteiger partial charge in [-0.1, -0.05) is 66.2 Å². The van der Waals surface area contributed by atoms with Crippen LogP contribution in [0.15, 0.2) is 78.9 Å². The molecule has 4 aliphatic heterocycles. The molecule has 6 rings (SSSR count). The second-order valence-electron chi connectivity index (χ2n) is 10.8. The van der Waals surface area contributed by atoms with E-state index in [1.54, 1.807) is 33.7 Å². The third-order valence-corrected chi connectivity index (χ3v) is 10.4. The SMILES string of the molecule is O=C1[C@@H]2[C@H](C=CCN1Cc1ccccc1)S[C@]13C=CCN(c4ccc(Cl)cc4)C(=O)C1N(CCCCO)C(=O)[C@H]23. The lowest BCUT2D eigenvalue weighted by molar-refractivity contribution is -0.143. The van der Waals surface area contributed by atoms with E-state index >= 15 is 0 Å². The van der Waals surface area contributed by atoms with Gasteiger partial charge in [-0.15, -0.1) is 11.8 Å². The van der Waals surface area contributed by atoms with Crippen molar-refractivity contribution >= 4 is 46.8 Å². The van der Waals surface area contributed by atoms with Gasteiger partial charge in [0.05, 0.1) is 16.6 Å². The van der Waals surface area contributed by atoms with Gasteiger partial charge >= 0.3 is 0 Å². The largest absolute Gasteiger partial charge is 0.396 e. The molecule has 2 aromatic carbocycles. The van der Waals surface area contributed by atoms with E-state index in [-0.39, 0.29) is 29.6 Å². The van der Waals surface area contributed by atoms with Gasteiger partial charge in [0.1, 0.15) is 6.04 Å². The zero-order valence-electron chi connectivity index (χ0n) is 22.1. The van der Waals surface area contributed by atoms with Crippen molar-refractivity contribution in [1.29, 1.82) is 0 Å². The standard InChI is InChI=1S/C31H32ClN3O4S/c32-22-11-13-23(14-12-22)34-18-7-15-31-26(29(38)35(17-4-5-19-36)27(31)30(34)39)25-24(40-31)10-6-16-33(28(25)37)20-21-8-2-1-3-9-21/h1-3,6-15,24-27,36H,4-5,16-20H2/t24-,25+,26-,27?,31-/m0/s1. The molecule has 0 bridgehead atoms. The minimum Gasteiger partial charge on any atom is -0.396 e. The first-order chi connectivity index (χ1) is 19.4. The summed E-state index contributed by atoms with van der Waals surface area (Å²) in [4.78, 5) is 48.1. The number of aliphatic hydroxyl groups is 1. The van der Waals surface area contributed by atoms with E-state index in [2.05, 4.69) is 6.08 Å². The molecule has 208 valence electrons. The van der Waals surface area contributed by atoms with Crippen LogP contribution in [0.4, 0.5) is 5.69 Å². The van der Waals surface area contributed by atoms with Crippen LogP contribution in [0.25, 0.3) is 0 Å². The Hall–Kier alpha value is -3.07. The molecule has 0 aromatic heterocycles. The molecule has 4 heterocycles. The Morgan fingerprint density at radius 3 is 2.45 bits per heavy atom. The molecule has 1 N–H and O–H groups in total. The molecule has 7 nitrogen and oxygen atoms in total. The first-order valence-electron chi connectivity index (χ1n) is 13.8. The number of carbonyl (C=O) groups is 3. The predicted octanol–water partition coefficient (Wildman–Crippen LogP) is 3.91. The summed E-state index contributed by atoms with van der Waals surface area (Å²) < 4.78 is -0.861. The van der Waals surface area contributed by atoms with Crippen molar-refractivity contribution in [3.05, 3.63) is 89.5 Å². The first-order valence-corrected chi connectivity index (χ1v) is 15.0. The lowest BCUT2D eigenvalue weighted by Crippen LogP contribution is -2.53. The van der Waals surface area contributed by atoms with E-state index < -0.39 is 22.6 Å². The number of nitrogens with zero attached hydrogens (tertiary/aromatic N) is 3. The monoisotopic (exact) mass is 577 g/mol. The number of aliphatic hydroxyl groups excluding tert-OH is 1. The zero-order chi connectivity index (χ0) is 27.9. The average Bonchev–Trinajstić information content (AvgIpc) is 3.27. The maximum atomic E-state index is 14.4. The maximum absolute atomic E-state index is 14.4. The average molecular weight is 578 g/mol. The number of anilines is 1. The van der Waals surface area contributed by atoms with Crippen LogP contribution in [0.5, 0.6) is 0 Å². The second-order valence-corrected chi connectivity index (χ2v) is 12.7. The van der Waals surface area contributed by atoms with Crippen molar-refractivity contribution in [3.63, 3.8) is 0 Å². The third-order valence-electron chi connectivity index (χ3n) is 8.40. The Balaban J connectivity index is 1.38. The van der Waals surface area contributed by atoms with Crippen LogP contribution in [0.3, 0.4) is 0 Å². The van der Waals surface area contributed by atoms with E-state index in [0.717, 1.165) is 5.56 Å². The second kappa shape index (κ2) is 11.1. The summed E-state index contributed by atoms with van der Waals surface area (Å²) in [7, 11) is 0. The van der Waals surface area contributed by atoms with Gasteiger partial charge in [-0.3, -0.25) is 14.4 Å². The Morgan fingerprint density at radius 2 is 1.70 bits per heavy atom. The van der Waals surface area contributed by atoms with Crippen LogP contribution < -0.4 is 4.90 Å². The Morgan fingerprint density at radius 1 is 0.925 bits per heavy atom. The van der Waals surface area contributed by atoms with Crippen molar-refractivity contribution < 1.29 is 19.5 Å². The van der Waals surface area contributed by atoms with Gasteiger partial charge in [0.15, 0.2) is 0 Å². The summed E-state index contributed by atoms with van der Waals surface area (Å²) in [6.45, 7) is 1.69. The first kappa shape index (κ1) is 27.1. The number of carbonyl (C=O) groups excluding carboxylic acids is 3. The van der Waals surface area contributed by atoms with Crippen LogP contribution in [-0.2, 0) is 20.9 Å². The number of halogens is 1. The zero-order valence-corrected chi connectivity index (χ0v) is 23.6. The minimum absolute atomic E-state index is 0.0171. The number of thioether (sulfide) groups is 1. The number of likely N-dealkylation sites (tertiary alicyclic amines) is 1. The van der Waals surface area contributed by atoms with Crippen LogP contribution in [0.1, 0.15) is 18.4 Å². The molecule has 2 aromatic rings. The minimum atomic E-state index is -0.861. The number of rotatable bonds is 7. The molecule has 2 fully saturated rings. The van der Waals surface area contributed by atoms with Crippen molar-refractivity contribution in [1.82, 2.24) is 9.80 Å². The summed E-state index contributed by atoms with van der Waals surface area (Å²) in [5, 5.41) is 9.79. The number of unbranched alkanes of at least 4 members (excludes halogenated alkanes) is 1. The lowest BCUT2D eigenvalue weighted by atomic mass is 9.78. The Kier molecular flexibility index (Phi) is 7.50. The summed E-state index contributed by atoms with van der Waals surface area (Å²) >= 11 is 7.70. The number of amides is 3. The number of benzene rings is 2. The lowest BCUT2D eigenvalue weighted by Gasteiger charge is -2.35. The van der Waals surface area contributed by atoms with Gasteiger partial charge in [0.25, 0.3) is 5.91 Å². The van der Waals surface area contributed by atoms with E-state index in [1.807, 2.05) is 65.6 Å². The van der Waals surface area contributed by atoms with Gasteiger partial charge in [-0.25, -0.2) is 0 Å². The van der Waals surface area contributed by atoms with Crippen LogP contribution in [0, 0.1) is 11.8 Å². The highest BCUT2D eigenvalue weighted by Crippen LogP contribution is 2.61. The van der Waals surface area contributed by atoms with Crippen LogP contribution >= 0.6 is 23.4 Å². The highest BCUT2D eigenvalue weighted by atomic mass is 35.5. The Labute approximate surface area is 243 Å². The molecule has 0 saturated carbocycles. The molecule has 1 unspecified atom stereocenters. The van der Waals surface area contributed by atoms with Crippen LogP contribution in [-0.4, -0.2) is 74.9 Å². The molecule has 0 radical (unpaired) electrons. The summed E-state index contributed by atoms with van der Waals surface area (Å²) in [5.41, 5.74) is 1.75. The number of hydrogen-bond acceptors (Lipinski definition) is 5. The number of fused-ring (bicyclic) bond motifs is 2. The van der Waals surface area contributed by atoms with Crippen molar-refractivity contribution in [2.24, 2.45) is 11.8 Å². The van der Waals surface area contributed by atoms with Gasteiger partial charge in [0, 0.05) is 48.7 Å². The van der Waals surface area contributed by atoms with Gasteiger partial charge < -0.3 is 19.8 Å². The van der Waals surface area contributed by atoms with Crippen molar-refractivity contribution in [3.8, 4) is 0 Å². The molecular weight excluding hydrogens is 546 g/mol. The summed E-state index contributed by atoms with van der Waals surface area (Å²) in [6, 6.07) is 16.3. The molecule has 2 saturated heterocycles. The molecule has 4 aliphatic rings. The highest BCUT2D eigenvalue weighted by Gasteiger charge is 2.70. The molecule has 40 heavy (non-hydrogen) atoms.